The van der Waals surface area contributed by atoms with E-state index in [0.29, 0.717) is 25.6 Å². The second-order valence-electron chi connectivity index (χ2n) is 10.2. The Morgan fingerprint density at radius 3 is 2.56 bits per heavy atom. The highest BCUT2D eigenvalue weighted by atomic mass is 16.7. The molecule has 11 nitrogen and oxygen atoms in total. The first-order chi connectivity index (χ1) is 17.6. The molecule has 11 heteroatoms. The molecule has 3 fully saturated rings. The van der Waals surface area contributed by atoms with E-state index in [1.165, 1.54) is 0 Å². The van der Waals surface area contributed by atoms with Gasteiger partial charge in [-0.15, -0.1) is 5.06 Å². The van der Waals surface area contributed by atoms with E-state index in [1.807, 2.05) is 24.0 Å². The van der Waals surface area contributed by atoms with Crippen LogP contribution in [-0.4, -0.2) is 107 Å². The topological polar surface area (TPSA) is 119 Å². The van der Waals surface area contributed by atoms with Gasteiger partial charge in [-0.2, -0.15) is 15.4 Å². The lowest BCUT2D eigenvalue weighted by Crippen LogP contribution is -2.58. The van der Waals surface area contributed by atoms with Gasteiger partial charge in [-0.1, -0.05) is 12.5 Å². The lowest BCUT2D eigenvalue weighted by molar-refractivity contribution is -0.137. The molecule has 196 valence electrons. The minimum absolute atomic E-state index is 0.0616. The average molecular weight is 499 g/mol. The smallest absolute Gasteiger partial charge is 0.351 e. The van der Waals surface area contributed by atoms with Crippen LogP contribution in [0.2, 0.25) is 0 Å². The van der Waals surface area contributed by atoms with Crippen molar-refractivity contribution in [3.05, 3.63) is 23.3 Å². The van der Waals surface area contributed by atoms with E-state index >= 15 is 0 Å². The van der Waals surface area contributed by atoms with Crippen LogP contribution in [0, 0.1) is 6.92 Å². The van der Waals surface area contributed by atoms with Gasteiger partial charge in [0, 0.05) is 51.7 Å². The van der Waals surface area contributed by atoms with Crippen LogP contribution in [0.1, 0.15) is 43.2 Å². The summed E-state index contributed by atoms with van der Waals surface area (Å²) in [6.45, 7) is 8.63. The number of aryl methyl sites for hydroxylation is 1. The number of carbonyl (C=O) groups is 2. The maximum absolute atomic E-state index is 13.7. The van der Waals surface area contributed by atoms with E-state index in [9.17, 15) is 9.59 Å². The Labute approximate surface area is 211 Å². The number of aromatic amines is 1. The lowest BCUT2D eigenvalue weighted by Gasteiger charge is -2.41. The van der Waals surface area contributed by atoms with Gasteiger partial charge in [-0.25, -0.2) is 4.79 Å². The first kappa shape index (κ1) is 24.9. The van der Waals surface area contributed by atoms with Crippen molar-refractivity contribution in [2.75, 3.05) is 52.4 Å². The normalized spacial score (nSPS) is 21.4. The Morgan fingerprint density at radius 2 is 1.81 bits per heavy atom. The van der Waals surface area contributed by atoms with Gasteiger partial charge < -0.3 is 20.4 Å². The summed E-state index contributed by atoms with van der Waals surface area (Å²) in [5.74, 6) is -0.0616. The van der Waals surface area contributed by atoms with Crippen LogP contribution < -0.4 is 10.6 Å². The molecule has 3 aliphatic rings. The zero-order valence-corrected chi connectivity index (χ0v) is 21.2. The number of piperazine rings is 1. The highest BCUT2D eigenvalue weighted by Crippen LogP contribution is 2.20. The molecule has 3 saturated heterocycles. The summed E-state index contributed by atoms with van der Waals surface area (Å²) in [4.78, 5) is 36.5. The van der Waals surface area contributed by atoms with Gasteiger partial charge in [-0.05, 0) is 62.9 Å². The Morgan fingerprint density at radius 1 is 1.06 bits per heavy atom. The second-order valence-corrected chi connectivity index (χ2v) is 10.2. The summed E-state index contributed by atoms with van der Waals surface area (Å²) < 4.78 is 0. The number of piperidine rings is 2. The number of amides is 2. The third kappa shape index (κ3) is 5.96. The van der Waals surface area contributed by atoms with E-state index in [4.69, 9.17) is 4.84 Å². The van der Waals surface area contributed by atoms with Crippen LogP contribution in [0.25, 0.3) is 11.0 Å². The van der Waals surface area contributed by atoms with Crippen molar-refractivity contribution in [3.63, 3.8) is 0 Å². The molecule has 1 aromatic heterocycles. The largest absolute Gasteiger partial charge is 0.426 e. The fourth-order valence-corrected chi connectivity index (χ4v) is 5.69. The van der Waals surface area contributed by atoms with Crippen LogP contribution >= 0.6 is 0 Å². The number of aromatic nitrogens is 3. The van der Waals surface area contributed by atoms with Crippen LogP contribution in [0.4, 0.5) is 4.79 Å². The Balaban J connectivity index is 1.26. The molecule has 36 heavy (non-hydrogen) atoms. The number of rotatable bonds is 6. The van der Waals surface area contributed by atoms with Gasteiger partial charge >= 0.3 is 6.09 Å². The van der Waals surface area contributed by atoms with E-state index in [-0.39, 0.29) is 5.91 Å². The molecule has 0 saturated carbocycles. The molecule has 0 bridgehead atoms. The molecule has 0 aliphatic carbocycles. The highest BCUT2D eigenvalue weighted by Gasteiger charge is 2.32. The third-order valence-electron chi connectivity index (χ3n) is 7.68. The molecule has 1 atom stereocenters. The van der Waals surface area contributed by atoms with Crippen molar-refractivity contribution >= 4 is 23.0 Å². The number of fused-ring (bicyclic) bond motifs is 1. The summed E-state index contributed by atoms with van der Waals surface area (Å²) in [7, 11) is 0. The standard InChI is InChI=1S/C25H38N8O3/c1-18-15-19(16-21-23(18)29-30-28-21)17-22(27-25(35)36-33-9-3-2-4-10-33)24(34)32-13-11-31(12-14-32)20-5-7-26-8-6-20/h15-16,20,22,26H,2-14,17H2,1H3,(H,27,35)(H,28,29,30). The first-order valence-electron chi connectivity index (χ1n) is 13.3. The monoisotopic (exact) mass is 498 g/mol. The van der Waals surface area contributed by atoms with Gasteiger partial charge in [0.1, 0.15) is 17.1 Å². The van der Waals surface area contributed by atoms with Crippen molar-refractivity contribution < 1.29 is 14.4 Å². The number of hydrogen-bond acceptors (Lipinski definition) is 8. The molecule has 5 rings (SSSR count). The molecular formula is C25H38N8O3. The lowest BCUT2D eigenvalue weighted by atomic mass is 10.0. The number of hydroxylamine groups is 2. The Kier molecular flexibility index (Phi) is 7.98. The van der Waals surface area contributed by atoms with Crippen molar-refractivity contribution in [1.82, 2.24) is 40.9 Å². The summed E-state index contributed by atoms with van der Waals surface area (Å²) in [5, 5.41) is 19.1. The van der Waals surface area contributed by atoms with Crippen molar-refractivity contribution in [2.24, 2.45) is 0 Å². The van der Waals surface area contributed by atoms with Gasteiger partial charge in [0.15, 0.2) is 0 Å². The highest BCUT2D eigenvalue weighted by molar-refractivity contribution is 5.86. The predicted octanol–water partition coefficient (Wildman–Crippen LogP) is 1.20. The van der Waals surface area contributed by atoms with Crippen LogP contribution in [-0.2, 0) is 16.1 Å². The average Bonchev–Trinajstić information content (AvgIpc) is 3.38. The Hall–Kier alpha value is -2.76. The minimum atomic E-state index is -0.712. The van der Waals surface area contributed by atoms with E-state index < -0.39 is 12.1 Å². The number of hydrogen-bond donors (Lipinski definition) is 3. The van der Waals surface area contributed by atoms with Crippen molar-refractivity contribution in [3.8, 4) is 0 Å². The quantitative estimate of drug-likeness (QED) is 0.544. The maximum Gasteiger partial charge on any atom is 0.426 e. The van der Waals surface area contributed by atoms with E-state index in [2.05, 4.69) is 30.9 Å². The molecule has 1 aromatic carbocycles. The molecule has 0 spiro atoms. The van der Waals surface area contributed by atoms with Gasteiger partial charge in [0.2, 0.25) is 5.91 Å². The van der Waals surface area contributed by atoms with E-state index in [1.54, 1.807) is 5.06 Å². The zero-order chi connectivity index (χ0) is 24.9. The fraction of sp³-hybridized carbons (Fsp3) is 0.680. The van der Waals surface area contributed by atoms with Gasteiger partial charge in [0.05, 0.1) is 0 Å². The summed E-state index contributed by atoms with van der Waals surface area (Å²) in [5.41, 5.74) is 3.48. The van der Waals surface area contributed by atoms with Gasteiger partial charge in [-0.3, -0.25) is 9.69 Å². The summed E-state index contributed by atoms with van der Waals surface area (Å²) in [6.07, 6.45) is 5.28. The van der Waals surface area contributed by atoms with Crippen molar-refractivity contribution in [2.45, 2.75) is 57.5 Å². The number of benzene rings is 1. The minimum Gasteiger partial charge on any atom is -0.351 e. The molecular weight excluding hydrogens is 460 g/mol. The number of nitrogens with zero attached hydrogens (tertiary/aromatic N) is 5. The fourth-order valence-electron chi connectivity index (χ4n) is 5.69. The van der Waals surface area contributed by atoms with Gasteiger partial charge in [0.25, 0.3) is 0 Å². The van der Waals surface area contributed by atoms with Crippen LogP contribution in [0.3, 0.4) is 0 Å². The molecule has 2 aromatic rings. The molecule has 2 amide bonds. The van der Waals surface area contributed by atoms with Crippen LogP contribution in [0.5, 0.6) is 0 Å². The van der Waals surface area contributed by atoms with Crippen molar-refractivity contribution in [1.29, 1.82) is 0 Å². The van der Waals surface area contributed by atoms with Crippen LogP contribution in [0.15, 0.2) is 12.1 Å². The first-order valence-corrected chi connectivity index (χ1v) is 13.3. The number of carbonyl (C=O) groups excluding carboxylic acids is 2. The summed E-state index contributed by atoms with van der Waals surface area (Å²) >= 11 is 0. The molecule has 0 radical (unpaired) electrons. The van der Waals surface area contributed by atoms with E-state index in [0.717, 1.165) is 93.5 Å². The molecule has 4 heterocycles. The number of nitrogens with one attached hydrogen (secondary N) is 3. The molecule has 3 N–H and O–H groups in total. The predicted molar refractivity (Wildman–Crippen MR) is 135 cm³/mol. The number of H-pyrrole nitrogens is 1. The molecule has 1 unspecified atom stereocenters. The third-order valence-corrected chi connectivity index (χ3v) is 7.68. The SMILES string of the molecule is Cc1cc(CC(NC(=O)ON2CCCCC2)C(=O)N2CCN(C3CCNCC3)CC2)cc2n[nH]nc12. The second kappa shape index (κ2) is 11.5. The molecule has 3 aliphatic heterocycles. The summed E-state index contributed by atoms with van der Waals surface area (Å²) in [6, 6.07) is 3.82. The zero-order valence-electron chi connectivity index (χ0n) is 21.2. The Bertz CT molecular complexity index is 1040. The maximum atomic E-state index is 13.7.